The quantitative estimate of drug-likeness (QED) is 0.743. The number of ether oxygens (including phenoxy) is 1. The third-order valence-electron chi connectivity index (χ3n) is 1.91. The molecule has 1 amide bonds. The largest absolute Gasteiger partial charge is 0.475 e. The summed E-state index contributed by atoms with van der Waals surface area (Å²) in [5.74, 6) is -2.14. The number of hydrogen-bond acceptors (Lipinski definition) is 5. The van der Waals surface area contributed by atoms with Gasteiger partial charge in [-0.15, -0.1) is 0 Å². The number of methoxy groups -OCH3 is 1. The highest BCUT2D eigenvalue weighted by Crippen LogP contribution is 2.03. The Morgan fingerprint density at radius 3 is 2.88 bits per heavy atom. The molecule has 0 aliphatic carbocycles. The number of carboxylic acids is 1. The van der Waals surface area contributed by atoms with E-state index in [1.807, 2.05) is 0 Å². The van der Waals surface area contributed by atoms with Crippen molar-refractivity contribution in [1.29, 1.82) is 0 Å². The fourth-order valence-electron chi connectivity index (χ4n) is 0.893. The zero-order valence-corrected chi connectivity index (χ0v) is 8.89. The number of aromatic carboxylic acids is 1. The molecule has 1 unspecified atom stereocenters. The van der Waals surface area contributed by atoms with E-state index in [0.29, 0.717) is 6.54 Å². The molecule has 0 aliphatic heterocycles. The van der Waals surface area contributed by atoms with Crippen molar-refractivity contribution in [2.45, 2.75) is 13.0 Å². The van der Waals surface area contributed by atoms with E-state index in [1.54, 1.807) is 6.92 Å². The zero-order valence-electron chi connectivity index (χ0n) is 8.89. The molecule has 16 heavy (non-hydrogen) atoms. The maximum Gasteiger partial charge on any atom is 0.374 e. The minimum absolute atomic E-state index is 0.0688. The highest BCUT2D eigenvalue weighted by Gasteiger charge is 2.16. The summed E-state index contributed by atoms with van der Waals surface area (Å²) >= 11 is 0. The van der Waals surface area contributed by atoms with E-state index in [4.69, 9.17) is 9.84 Å². The molecule has 1 heterocycles. The number of hydrogen-bond donors (Lipinski definition) is 2. The molecule has 1 atom stereocenters. The fraction of sp³-hybridized carbons (Fsp3) is 0.444. The van der Waals surface area contributed by atoms with Crippen LogP contribution < -0.4 is 5.32 Å². The van der Waals surface area contributed by atoms with E-state index >= 15 is 0 Å². The predicted molar refractivity (Wildman–Crippen MR) is 52.3 cm³/mol. The molecular weight excluding hydrogens is 216 g/mol. The van der Waals surface area contributed by atoms with Gasteiger partial charge in [-0.25, -0.2) is 4.79 Å². The molecule has 88 valence electrons. The number of carbonyl (C=O) groups excluding carboxylic acids is 1. The second-order valence-electron chi connectivity index (χ2n) is 3.14. The van der Waals surface area contributed by atoms with Gasteiger partial charge in [0.25, 0.3) is 5.91 Å². The summed E-state index contributed by atoms with van der Waals surface area (Å²) in [6, 6.07) is 1.06. The van der Waals surface area contributed by atoms with Crippen molar-refractivity contribution in [2.75, 3.05) is 13.7 Å². The summed E-state index contributed by atoms with van der Waals surface area (Å²) in [6.07, 6.45) is -0.130. The first-order chi connectivity index (χ1) is 7.54. The first-order valence-corrected chi connectivity index (χ1v) is 4.55. The van der Waals surface area contributed by atoms with Gasteiger partial charge in [-0.1, -0.05) is 5.16 Å². The molecule has 1 aromatic rings. The van der Waals surface area contributed by atoms with Gasteiger partial charge < -0.3 is 19.7 Å². The molecule has 0 saturated heterocycles. The number of nitrogens with zero attached hydrogens (tertiary/aromatic N) is 1. The van der Waals surface area contributed by atoms with Crippen LogP contribution in [0.1, 0.15) is 28.0 Å². The lowest BCUT2D eigenvalue weighted by molar-refractivity contribution is 0.0651. The number of nitrogens with one attached hydrogen (secondary N) is 1. The van der Waals surface area contributed by atoms with E-state index in [1.165, 1.54) is 7.11 Å². The first-order valence-electron chi connectivity index (χ1n) is 4.55. The summed E-state index contributed by atoms with van der Waals surface area (Å²) in [5.41, 5.74) is -0.0688. The second-order valence-corrected chi connectivity index (χ2v) is 3.14. The van der Waals surface area contributed by atoms with Crippen LogP contribution in [0.2, 0.25) is 0 Å². The maximum atomic E-state index is 11.4. The molecule has 0 spiro atoms. The van der Waals surface area contributed by atoms with Crippen LogP contribution in [0, 0.1) is 0 Å². The standard InChI is InChI=1S/C9H12N2O5/c1-5(15-2)4-10-8(12)6-3-7(9(13)14)16-11-6/h3,5H,4H2,1-2H3,(H,10,12)(H,13,14). The van der Waals surface area contributed by atoms with Gasteiger partial charge in [0, 0.05) is 19.7 Å². The molecule has 7 heteroatoms. The van der Waals surface area contributed by atoms with Crippen LogP contribution in [-0.4, -0.2) is 41.9 Å². The fourth-order valence-corrected chi connectivity index (χ4v) is 0.893. The SMILES string of the molecule is COC(C)CNC(=O)c1cc(C(=O)O)on1. The molecule has 0 aliphatic rings. The van der Waals surface area contributed by atoms with Crippen molar-refractivity contribution in [2.24, 2.45) is 0 Å². The van der Waals surface area contributed by atoms with Crippen LogP contribution in [0.15, 0.2) is 10.6 Å². The minimum atomic E-state index is -1.27. The number of aromatic nitrogens is 1. The highest BCUT2D eigenvalue weighted by molar-refractivity contribution is 5.94. The van der Waals surface area contributed by atoms with Crippen LogP contribution in [0.4, 0.5) is 0 Å². The van der Waals surface area contributed by atoms with E-state index in [-0.39, 0.29) is 17.6 Å². The smallest absolute Gasteiger partial charge is 0.374 e. The molecule has 0 bridgehead atoms. The van der Waals surface area contributed by atoms with Gasteiger partial charge in [0.2, 0.25) is 5.76 Å². The third kappa shape index (κ3) is 3.06. The zero-order chi connectivity index (χ0) is 12.1. The molecule has 2 N–H and O–H groups in total. The van der Waals surface area contributed by atoms with Crippen LogP contribution in [-0.2, 0) is 4.74 Å². The topological polar surface area (TPSA) is 102 Å². The predicted octanol–water partition coefficient (Wildman–Crippen LogP) is 0.137. The van der Waals surface area contributed by atoms with Crippen molar-refractivity contribution in [3.05, 3.63) is 17.5 Å². The van der Waals surface area contributed by atoms with E-state index in [2.05, 4.69) is 15.0 Å². The van der Waals surface area contributed by atoms with Crippen molar-refractivity contribution in [1.82, 2.24) is 10.5 Å². The minimum Gasteiger partial charge on any atom is -0.475 e. The van der Waals surface area contributed by atoms with Gasteiger partial charge in [0.15, 0.2) is 5.69 Å². The Balaban J connectivity index is 2.56. The van der Waals surface area contributed by atoms with Gasteiger partial charge in [0.1, 0.15) is 0 Å². The van der Waals surface area contributed by atoms with E-state index in [9.17, 15) is 9.59 Å². The summed E-state index contributed by atoms with van der Waals surface area (Å²) in [4.78, 5) is 21.9. The lowest BCUT2D eigenvalue weighted by Gasteiger charge is -2.08. The number of amides is 1. The Labute approximate surface area is 91.4 Å². The summed E-state index contributed by atoms with van der Waals surface area (Å²) in [6.45, 7) is 2.09. The Hall–Kier alpha value is -1.89. The van der Waals surface area contributed by atoms with Crippen LogP contribution in [0.25, 0.3) is 0 Å². The average Bonchev–Trinajstić information content (AvgIpc) is 2.74. The molecule has 0 saturated carbocycles. The molecule has 7 nitrogen and oxygen atoms in total. The van der Waals surface area contributed by atoms with E-state index < -0.39 is 11.9 Å². The Kier molecular flexibility index (Phi) is 4.01. The highest BCUT2D eigenvalue weighted by atomic mass is 16.5. The van der Waals surface area contributed by atoms with Gasteiger partial charge >= 0.3 is 5.97 Å². The monoisotopic (exact) mass is 228 g/mol. The Morgan fingerprint density at radius 2 is 2.38 bits per heavy atom. The van der Waals surface area contributed by atoms with Crippen molar-refractivity contribution >= 4 is 11.9 Å². The first kappa shape index (κ1) is 12.2. The molecule has 0 aromatic carbocycles. The summed E-state index contributed by atoms with van der Waals surface area (Å²) < 4.78 is 9.37. The number of carbonyl (C=O) groups is 2. The Morgan fingerprint density at radius 1 is 1.69 bits per heavy atom. The number of carboxylic acid groups (broad SMARTS) is 1. The van der Waals surface area contributed by atoms with Gasteiger partial charge in [-0.3, -0.25) is 4.79 Å². The van der Waals surface area contributed by atoms with Crippen LogP contribution in [0.3, 0.4) is 0 Å². The van der Waals surface area contributed by atoms with Gasteiger partial charge in [-0.2, -0.15) is 0 Å². The lowest BCUT2D eigenvalue weighted by Crippen LogP contribution is -2.31. The van der Waals surface area contributed by atoms with Crippen LogP contribution in [0.5, 0.6) is 0 Å². The van der Waals surface area contributed by atoms with Crippen LogP contribution >= 0.6 is 0 Å². The van der Waals surface area contributed by atoms with Crippen molar-refractivity contribution < 1.29 is 24.0 Å². The average molecular weight is 228 g/mol. The maximum absolute atomic E-state index is 11.4. The third-order valence-corrected chi connectivity index (χ3v) is 1.91. The molecule has 0 fully saturated rings. The molecule has 1 aromatic heterocycles. The molecule has 0 radical (unpaired) electrons. The lowest BCUT2D eigenvalue weighted by atomic mass is 10.3. The van der Waals surface area contributed by atoms with Gasteiger partial charge in [-0.05, 0) is 6.92 Å². The normalized spacial score (nSPS) is 12.1. The molecular formula is C9H12N2O5. The molecule has 1 rings (SSSR count). The van der Waals surface area contributed by atoms with Crippen molar-refractivity contribution in [3.63, 3.8) is 0 Å². The summed E-state index contributed by atoms with van der Waals surface area (Å²) in [7, 11) is 1.52. The Bertz CT molecular complexity index is 387. The van der Waals surface area contributed by atoms with Gasteiger partial charge in [0.05, 0.1) is 6.10 Å². The van der Waals surface area contributed by atoms with E-state index in [0.717, 1.165) is 6.07 Å². The number of rotatable bonds is 5. The summed E-state index contributed by atoms with van der Waals surface area (Å²) in [5, 5.41) is 14.4. The van der Waals surface area contributed by atoms with Crippen molar-refractivity contribution in [3.8, 4) is 0 Å². The second kappa shape index (κ2) is 5.26.